The maximum absolute atomic E-state index is 14.0. The number of sulfonamides is 1. The molecule has 3 aliphatic rings. The van der Waals surface area contributed by atoms with E-state index in [-0.39, 0.29) is 23.0 Å². The van der Waals surface area contributed by atoms with Crippen LogP contribution in [0.15, 0.2) is 40.9 Å². The minimum Gasteiger partial charge on any atom is -0.303 e. The van der Waals surface area contributed by atoms with E-state index < -0.39 is 42.5 Å². The van der Waals surface area contributed by atoms with Gasteiger partial charge in [-0.2, -0.15) is 0 Å². The van der Waals surface area contributed by atoms with Gasteiger partial charge in [0.25, 0.3) is 5.91 Å². The Bertz CT molecular complexity index is 1140. The van der Waals surface area contributed by atoms with Gasteiger partial charge in [0, 0.05) is 13.1 Å². The van der Waals surface area contributed by atoms with Crippen LogP contribution in [0.4, 0.5) is 0 Å². The van der Waals surface area contributed by atoms with Crippen molar-refractivity contribution >= 4 is 38.2 Å². The zero-order valence-electron chi connectivity index (χ0n) is 19.2. The Balaban J connectivity index is 0.00000306. The topological polar surface area (TPSA) is 104 Å². The van der Waals surface area contributed by atoms with E-state index in [9.17, 15) is 21.6 Å². The molecule has 1 amide bonds. The highest BCUT2D eigenvalue weighted by Gasteiger charge is 2.69. The molecule has 3 aliphatic heterocycles. The molecule has 2 saturated heterocycles. The molecular weight excluding hydrogens is 486 g/mol. The summed E-state index contributed by atoms with van der Waals surface area (Å²) in [6.45, 7) is 6.45. The van der Waals surface area contributed by atoms with Crippen molar-refractivity contribution in [1.29, 1.82) is 0 Å². The van der Waals surface area contributed by atoms with Gasteiger partial charge in [0.2, 0.25) is 10.0 Å². The maximum Gasteiger partial charge on any atom is 0.264 e. The summed E-state index contributed by atoms with van der Waals surface area (Å²) in [4.78, 5) is 15.9. The Morgan fingerprint density at radius 1 is 1.06 bits per heavy atom. The number of nitrogens with one attached hydrogen (secondary N) is 1. The zero-order valence-corrected chi connectivity index (χ0v) is 21.6. The monoisotopic (exact) mass is 517 g/mol. The summed E-state index contributed by atoms with van der Waals surface area (Å²) in [6, 6.07) is 5.77. The molecule has 2 fully saturated rings. The molecule has 3 heterocycles. The van der Waals surface area contributed by atoms with Gasteiger partial charge in [-0.1, -0.05) is 32.4 Å². The number of rotatable bonds is 6. The fourth-order valence-electron chi connectivity index (χ4n) is 5.32. The molecule has 0 unspecified atom stereocenters. The van der Waals surface area contributed by atoms with Gasteiger partial charge in [-0.05, 0) is 55.6 Å². The lowest BCUT2D eigenvalue weighted by Crippen LogP contribution is -2.60. The molecule has 1 N–H and O–H groups in total. The molecule has 4 rings (SSSR count). The summed E-state index contributed by atoms with van der Waals surface area (Å²) < 4.78 is 51.6. The maximum atomic E-state index is 14.0. The number of fused-ring (bicyclic) bond motifs is 1. The predicted octanol–water partition coefficient (Wildman–Crippen LogP) is 1.92. The number of nitrogens with zero attached hydrogens (tertiary/aromatic N) is 2. The van der Waals surface area contributed by atoms with Crippen molar-refractivity contribution in [3.63, 3.8) is 0 Å². The summed E-state index contributed by atoms with van der Waals surface area (Å²) in [6.07, 6.45) is 6.11. The van der Waals surface area contributed by atoms with Gasteiger partial charge in [0.15, 0.2) is 14.6 Å². The standard InChI is InChI=1S/C22H31N3O5S2.ClH/c1-16(2)22(20-19(11-12-23-20)25(21(22)26)31(3,27)28)32(29,30)18-9-7-17(8-10-18)15-24-13-5-4-6-14-24;/h7-11,16,20,23H,4-6,12-15H2,1-3H3;1H/t20-,22-;/m1./s1. The predicted molar refractivity (Wildman–Crippen MR) is 129 cm³/mol. The van der Waals surface area contributed by atoms with Gasteiger partial charge < -0.3 is 5.32 Å². The minimum absolute atomic E-state index is 0. The van der Waals surface area contributed by atoms with Gasteiger partial charge in [0.05, 0.1) is 22.9 Å². The van der Waals surface area contributed by atoms with Gasteiger partial charge in [-0.15, -0.1) is 12.4 Å². The molecule has 2 atom stereocenters. The third-order valence-corrected chi connectivity index (χ3v) is 10.5. The molecule has 0 radical (unpaired) electrons. The fraction of sp³-hybridized carbons (Fsp3) is 0.591. The molecule has 0 aliphatic carbocycles. The van der Waals surface area contributed by atoms with Crippen LogP contribution >= 0.6 is 12.4 Å². The lowest BCUT2D eigenvalue weighted by molar-refractivity contribution is -0.126. The lowest BCUT2D eigenvalue weighted by Gasteiger charge is -2.35. The fourth-order valence-corrected chi connectivity index (χ4v) is 8.74. The van der Waals surface area contributed by atoms with Gasteiger partial charge >= 0.3 is 0 Å². The quantitative estimate of drug-likeness (QED) is 0.614. The summed E-state index contributed by atoms with van der Waals surface area (Å²) in [7, 11) is -8.19. The molecule has 0 saturated carbocycles. The number of halogens is 1. The normalized spacial score (nSPS) is 26.3. The van der Waals surface area contributed by atoms with Crippen LogP contribution in [0.25, 0.3) is 0 Å². The van der Waals surface area contributed by atoms with Gasteiger partial charge in [-0.25, -0.2) is 21.1 Å². The number of sulfone groups is 1. The van der Waals surface area contributed by atoms with E-state index in [1.807, 2.05) is 0 Å². The molecule has 33 heavy (non-hydrogen) atoms. The number of benzene rings is 1. The lowest BCUT2D eigenvalue weighted by atomic mass is 9.89. The summed E-state index contributed by atoms with van der Waals surface area (Å²) in [5.74, 6) is -1.56. The Kier molecular flexibility index (Phi) is 7.37. The van der Waals surface area contributed by atoms with Gasteiger partial charge in [0.1, 0.15) is 0 Å². The average molecular weight is 518 g/mol. The van der Waals surface area contributed by atoms with Crippen LogP contribution in [0.2, 0.25) is 0 Å². The second kappa shape index (κ2) is 9.30. The first-order valence-corrected chi connectivity index (χ1v) is 14.4. The van der Waals surface area contributed by atoms with Crippen molar-refractivity contribution in [2.75, 3.05) is 25.9 Å². The molecular formula is C22H32ClN3O5S2. The summed E-state index contributed by atoms with van der Waals surface area (Å²) in [5, 5.41) is 3.06. The van der Waals surface area contributed by atoms with Crippen LogP contribution in [0.3, 0.4) is 0 Å². The minimum atomic E-state index is -4.22. The number of piperidine rings is 1. The zero-order chi connectivity index (χ0) is 23.3. The van der Waals surface area contributed by atoms with Crippen molar-refractivity contribution in [3.05, 3.63) is 41.6 Å². The molecule has 0 spiro atoms. The average Bonchev–Trinajstić information content (AvgIpc) is 3.26. The highest BCUT2D eigenvalue weighted by atomic mass is 35.5. The number of carbonyl (C=O) groups excluding carboxylic acids is 1. The van der Waals surface area contributed by atoms with Crippen molar-refractivity contribution < 1.29 is 21.6 Å². The van der Waals surface area contributed by atoms with E-state index >= 15 is 0 Å². The first-order valence-electron chi connectivity index (χ1n) is 11.1. The van der Waals surface area contributed by atoms with Crippen LogP contribution in [-0.2, 0) is 31.2 Å². The van der Waals surface area contributed by atoms with E-state index in [1.54, 1.807) is 44.2 Å². The summed E-state index contributed by atoms with van der Waals surface area (Å²) in [5.41, 5.74) is 1.22. The van der Waals surface area contributed by atoms with Crippen LogP contribution in [0.5, 0.6) is 0 Å². The first-order chi connectivity index (χ1) is 15.0. The number of amides is 1. The highest BCUT2D eigenvalue weighted by Crippen LogP contribution is 2.48. The highest BCUT2D eigenvalue weighted by molar-refractivity contribution is 7.94. The van der Waals surface area contributed by atoms with Crippen molar-refractivity contribution in [1.82, 2.24) is 14.5 Å². The first kappa shape index (κ1) is 26.2. The molecule has 8 nitrogen and oxygen atoms in total. The van der Waals surface area contributed by atoms with E-state index in [2.05, 4.69) is 10.2 Å². The Morgan fingerprint density at radius 3 is 2.21 bits per heavy atom. The second-order valence-electron chi connectivity index (χ2n) is 9.23. The SMILES string of the molecule is CC(C)[C@]1(S(=O)(=O)c2ccc(CN3CCCCC3)cc2)C(=O)N(S(C)(=O)=O)C2=CCN[C@H]21.Cl. The number of hydrogen-bond donors (Lipinski definition) is 1. The number of carbonyl (C=O) groups is 1. The van der Waals surface area contributed by atoms with E-state index in [4.69, 9.17) is 0 Å². The van der Waals surface area contributed by atoms with Gasteiger partial charge in [-0.3, -0.25) is 9.69 Å². The molecule has 184 valence electrons. The Hall–Kier alpha value is -1.46. The largest absolute Gasteiger partial charge is 0.303 e. The molecule has 1 aromatic rings. The van der Waals surface area contributed by atoms with E-state index in [0.717, 1.165) is 31.5 Å². The third-order valence-electron chi connectivity index (χ3n) is 6.83. The Morgan fingerprint density at radius 2 is 1.67 bits per heavy atom. The van der Waals surface area contributed by atoms with Crippen molar-refractivity contribution in [2.24, 2.45) is 5.92 Å². The van der Waals surface area contributed by atoms with Crippen LogP contribution in [0, 0.1) is 5.92 Å². The smallest absolute Gasteiger partial charge is 0.264 e. The van der Waals surface area contributed by atoms with Crippen molar-refractivity contribution in [2.45, 2.75) is 55.3 Å². The van der Waals surface area contributed by atoms with Crippen LogP contribution in [-0.4, -0.2) is 68.6 Å². The van der Waals surface area contributed by atoms with Crippen LogP contribution in [0.1, 0.15) is 38.7 Å². The molecule has 0 aromatic heterocycles. The molecule has 0 bridgehead atoms. The third kappa shape index (κ3) is 4.14. The number of likely N-dealkylation sites (tertiary alicyclic amines) is 1. The number of hydrogen-bond acceptors (Lipinski definition) is 7. The molecule has 1 aromatic carbocycles. The van der Waals surface area contributed by atoms with Crippen molar-refractivity contribution in [3.8, 4) is 0 Å². The van der Waals surface area contributed by atoms with E-state index in [0.29, 0.717) is 10.8 Å². The van der Waals surface area contributed by atoms with E-state index in [1.165, 1.54) is 19.3 Å². The summed E-state index contributed by atoms with van der Waals surface area (Å²) >= 11 is 0. The molecule has 11 heteroatoms. The van der Waals surface area contributed by atoms with Crippen LogP contribution < -0.4 is 5.32 Å². The Labute approximate surface area is 202 Å². The second-order valence-corrected chi connectivity index (χ2v) is 13.2.